The summed E-state index contributed by atoms with van der Waals surface area (Å²) in [6.45, 7) is 0.142. The molecule has 0 amide bonds. The molecule has 1 N–H and O–H groups in total. The van der Waals surface area contributed by atoms with E-state index in [1.54, 1.807) is 23.7 Å². The van der Waals surface area contributed by atoms with Gasteiger partial charge in [-0.2, -0.15) is 0 Å². The zero-order valence-electron chi connectivity index (χ0n) is 14.7. The van der Waals surface area contributed by atoms with E-state index in [2.05, 4.69) is 25.0 Å². The van der Waals surface area contributed by atoms with Gasteiger partial charge in [-0.15, -0.1) is 16.4 Å². The van der Waals surface area contributed by atoms with Crippen molar-refractivity contribution in [3.8, 4) is 22.9 Å². The second-order valence-electron chi connectivity index (χ2n) is 6.67. The summed E-state index contributed by atoms with van der Waals surface area (Å²) in [7, 11) is 0. The molecule has 0 unspecified atom stereocenters. The smallest absolute Gasteiger partial charge is 0.261 e. The summed E-state index contributed by atoms with van der Waals surface area (Å²) in [5.41, 5.74) is 2.78. The standard InChI is InChI=1S/C19H15FN6OS/c20-14-4-2-1-3-12(14)8-26-18(23-17(25-26)15-9-28-10-22-15)13-7-21-16(11-5-6-11)24-19(13)27/h1-4,7,9-11H,5-6,8H2,(H,21,24,27). The lowest BCUT2D eigenvalue weighted by molar-refractivity contribution is 0.587. The van der Waals surface area contributed by atoms with Crippen molar-refractivity contribution in [1.29, 1.82) is 0 Å². The fraction of sp³-hybridized carbons (Fsp3) is 0.211. The van der Waals surface area contributed by atoms with E-state index in [0.717, 1.165) is 12.8 Å². The summed E-state index contributed by atoms with van der Waals surface area (Å²) >= 11 is 1.43. The molecular weight excluding hydrogens is 379 g/mol. The minimum absolute atomic E-state index is 0.142. The van der Waals surface area contributed by atoms with Gasteiger partial charge in [0.15, 0.2) is 5.82 Å². The fourth-order valence-electron chi connectivity index (χ4n) is 3.00. The molecule has 1 fully saturated rings. The monoisotopic (exact) mass is 394 g/mol. The molecule has 1 saturated carbocycles. The summed E-state index contributed by atoms with van der Waals surface area (Å²) in [6, 6.07) is 6.47. The van der Waals surface area contributed by atoms with E-state index in [1.807, 2.05) is 5.38 Å². The molecule has 1 aromatic carbocycles. The highest BCUT2D eigenvalue weighted by atomic mass is 32.1. The molecule has 3 heterocycles. The van der Waals surface area contributed by atoms with Crippen LogP contribution in [0.1, 0.15) is 30.1 Å². The van der Waals surface area contributed by atoms with Crippen LogP contribution in [0.3, 0.4) is 0 Å². The van der Waals surface area contributed by atoms with E-state index < -0.39 is 0 Å². The Morgan fingerprint density at radius 3 is 2.82 bits per heavy atom. The average molecular weight is 394 g/mol. The largest absolute Gasteiger partial charge is 0.310 e. The normalized spacial score (nSPS) is 13.8. The van der Waals surface area contributed by atoms with Crippen LogP contribution >= 0.6 is 11.3 Å². The van der Waals surface area contributed by atoms with Gasteiger partial charge in [-0.25, -0.2) is 24.0 Å². The predicted molar refractivity (Wildman–Crippen MR) is 102 cm³/mol. The number of aromatic nitrogens is 6. The Morgan fingerprint density at radius 2 is 2.11 bits per heavy atom. The fourth-order valence-corrected chi connectivity index (χ4v) is 3.53. The van der Waals surface area contributed by atoms with Crippen LogP contribution in [0.5, 0.6) is 0 Å². The van der Waals surface area contributed by atoms with Gasteiger partial charge in [-0.05, 0) is 18.9 Å². The molecule has 7 nitrogen and oxygen atoms in total. The van der Waals surface area contributed by atoms with E-state index in [1.165, 1.54) is 28.3 Å². The molecular formula is C19H15FN6OS. The van der Waals surface area contributed by atoms with Crippen molar-refractivity contribution in [3.05, 3.63) is 68.9 Å². The Kier molecular flexibility index (Phi) is 4.09. The highest BCUT2D eigenvalue weighted by Gasteiger charge is 2.27. The number of benzene rings is 1. The molecule has 0 spiro atoms. The summed E-state index contributed by atoms with van der Waals surface area (Å²) in [5.74, 6) is 1.42. The van der Waals surface area contributed by atoms with E-state index in [9.17, 15) is 9.18 Å². The first-order valence-electron chi connectivity index (χ1n) is 8.85. The minimum Gasteiger partial charge on any atom is -0.310 e. The number of nitrogens with one attached hydrogen (secondary N) is 1. The quantitative estimate of drug-likeness (QED) is 0.561. The SMILES string of the molecule is O=c1[nH]c(C2CC2)ncc1-c1nc(-c2cscn2)nn1Cc1ccccc1F. The molecule has 5 rings (SSSR count). The average Bonchev–Trinajstić information content (AvgIpc) is 3.24. The number of nitrogens with zero attached hydrogens (tertiary/aromatic N) is 5. The van der Waals surface area contributed by atoms with Crippen LogP contribution in [0.2, 0.25) is 0 Å². The number of halogens is 1. The number of H-pyrrole nitrogens is 1. The Morgan fingerprint density at radius 1 is 1.25 bits per heavy atom. The maximum absolute atomic E-state index is 14.2. The zero-order valence-corrected chi connectivity index (χ0v) is 15.5. The third kappa shape index (κ3) is 3.13. The van der Waals surface area contributed by atoms with Gasteiger partial charge >= 0.3 is 0 Å². The molecule has 0 bridgehead atoms. The van der Waals surface area contributed by atoms with Crippen LogP contribution in [0, 0.1) is 5.82 Å². The summed E-state index contributed by atoms with van der Waals surface area (Å²) in [6.07, 6.45) is 3.61. The van der Waals surface area contributed by atoms with Crippen molar-refractivity contribution in [3.63, 3.8) is 0 Å². The number of hydrogen-bond donors (Lipinski definition) is 1. The summed E-state index contributed by atoms with van der Waals surface area (Å²) in [5, 5.41) is 6.30. The molecule has 0 atom stereocenters. The number of thiazole rings is 1. The molecule has 9 heteroatoms. The molecule has 28 heavy (non-hydrogen) atoms. The Hall–Kier alpha value is -3.20. The van der Waals surface area contributed by atoms with Crippen LogP contribution in [0.4, 0.5) is 4.39 Å². The van der Waals surface area contributed by atoms with Crippen LogP contribution < -0.4 is 5.56 Å². The first-order chi connectivity index (χ1) is 13.7. The van der Waals surface area contributed by atoms with Gasteiger partial charge in [-0.1, -0.05) is 18.2 Å². The van der Waals surface area contributed by atoms with Gasteiger partial charge in [0.2, 0.25) is 5.82 Å². The summed E-state index contributed by atoms with van der Waals surface area (Å²) in [4.78, 5) is 28.7. The van der Waals surface area contributed by atoms with Crippen LogP contribution in [-0.2, 0) is 6.54 Å². The highest BCUT2D eigenvalue weighted by molar-refractivity contribution is 7.07. The van der Waals surface area contributed by atoms with Crippen molar-refractivity contribution in [2.45, 2.75) is 25.3 Å². The second kappa shape index (κ2) is 6.75. The lowest BCUT2D eigenvalue weighted by Gasteiger charge is -2.07. The lowest BCUT2D eigenvalue weighted by Crippen LogP contribution is -2.16. The summed E-state index contributed by atoms with van der Waals surface area (Å²) < 4.78 is 15.7. The molecule has 3 aromatic heterocycles. The number of rotatable bonds is 5. The maximum atomic E-state index is 14.2. The van der Waals surface area contributed by atoms with Crippen LogP contribution in [-0.4, -0.2) is 29.7 Å². The predicted octanol–water partition coefficient (Wildman–Crippen LogP) is 3.22. The zero-order chi connectivity index (χ0) is 19.1. The number of hydrogen-bond acceptors (Lipinski definition) is 6. The van der Waals surface area contributed by atoms with Gasteiger partial charge in [0.25, 0.3) is 5.56 Å². The highest BCUT2D eigenvalue weighted by Crippen LogP contribution is 2.37. The number of aromatic amines is 1. The van der Waals surface area contributed by atoms with Crippen molar-refractivity contribution in [2.75, 3.05) is 0 Å². The van der Waals surface area contributed by atoms with E-state index in [4.69, 9.17) is 0 Å². The third-order valence-corrected chi connectivity index (χ3v) is 5.22. The molecule has 0 aliphatic heterocycles. The van der Waals surface area contributed by atoms with Crippen molar-refractivity contribution in [1.82, 2.24) is 29.7 Å². The maximum Gasteiger partial charge on any atom is 0.261 e. The molecule has 1 aliphatic carbocycles. The first-order valence-corrected chi connectivity index (χ1v) is 9.80. The first kappa shape index (κ1) is 16.9. The topological polar surface area (TPSA) is 89.3 Å². The lowest BCUT2D eigenvalue weighted by atomic mass is 10.2. The van der Waals surface area contributed by atoms with Crippen molar-refractivity contribution >= 4 is 11.3 Å². The molecule has 140 valence electrons. The molecule has 1 aliphatic rings. The van der Waals surface area contributed by atoms with Crippen molar-refractivity contribution < 1.29 is 4.39 Å². The van der Waals surface area contributed by atoms with Crippen molar-refractivity contribution in [2.24, 2.45) is 0 Å². The molecule has 0 saturated heterocycles. The minimum atomic E-state index is -0.338. The van der Waals surface area contributed by atoms with Crippen LogP contribution in [0.25, 0.3) is 22.9 Å². The van der Waals surface area contributed by atoms with Gasteiger partial charge in [0.05, 0.1) is 12.1 Å². The second-order valence-corrected chi connectivity index (χ2v) is 7.39. The van der Waals surface area contributed by atoms with Gasteiger partial charge in [0.1, 0.15) is 22.9 Å². The van der Waals surface area contributed by atoms with Gasteiger partial charge in [-0.3, -0.25) is 4.79 Å². The third-order valence-electron chi connectivity index (χ3n) is 4.64. The Bertz CT molecular complexity index is 1200. The molecule has 4 aromatic rings. The van der Waals surface area contributed by atoms with E-state index in [0.29, 0.717) is 40.2 Å². The van der Waals surface area contributed by atoms with E-state index in [-0.39, 0.29) is 17.9 Å². The van der Waals surface area contributed by atoms with Gasteiger partial charge in [0, 0.05) is 23.1 Å². The Labute approximate surface area is 163 Å². The Balaban J connectivity index is 1.61. The van der Waals surface area contributed by atoms with E-state index >= 15 is 0 Å². The van der Waals surface area contributed by atoms with Crippen LogP contribution in [0.15, 0.2) is 46.1 Å². The molecule has 0 radical (unpaired) electrons. The van der Waals surface area contributed by atoms with Gasteiger partial charge < -0.3 is 4.98 Å².